The summed E-state index contributed by atoms with van der Waals surface area (Å²) in [5.74, 6) is 0.972. The van der Waals surface area contributed by atoms with E-state index in [9.17, 15) is 8.42 Å². The fourth-order valence-corrected chi connectivity index (χ4v) is 2.90. The second-order valence-corrected chi connectivity index (χ2v) is 8.46. The Morgan fingerprint density at radius 2 is 1.74 bits per heavy atom. The van der Waals surface area contributed by atoms with Crippen LogP contribution in [-0.4, -0.2) is 26.0 Å². The van der Waals surface area contributed by atoms with Crippen molar-refractivity contribution in [3.8, 4) is 5.75 Å². The lowest BCUT2D eigenvalue weighted by Gasteiger charge is -2.11. The van der Waals surface area contributed by atoms with E-state index in [-0.39, 0.29) is 11.0 Å². The zero-order valence-electron chi connectivity index (χ0n) is 11.9. The SMILES string of the molecule is Cc1cc(OCCCS(=O)(=O)C(C)C)cc(C)c1Br. The number of hydrogen-bond acceptors (Lipinski definition) is 3. The van der Waals surface area contributed by atoms with Gasteiger partial charge in [-0.1, -0.05) is 15.9 Å². The van der Waals surface area contributed by atoms with Gasteiger partial charge in [-0.05, 0) is 57.4 Å². The van der Waals surface area contributed by atoms with Gasteiger partial charge >= 0.3 is 0 Å². The van der Waals surface area contributed by atoms with E-state index in [0.717, 1.165) is 21.3 Å². The number of rotatable bonds is 6. The summed E-state index contributed by atoms with van der Waals surface area (Å²) in [6.07, 6.45) is 0.522. The van der Waals surface area contributed by atoms with Crippen LogP contribution in [0, 0.1) is 13.8 Å². The molecule has 1 aromatic rings. The first-order valence-corrected chi connectivity index (χ1v) is 8.86. The Bertz CT molecular complexity index is 513. The minimum absolute atomic E-state index is 0.180. The van der Waals surface area contributed by atoms with Crippen LogP contribution < -0.4 is 4.74 Å². The third kappa shape index (κ3) is 4.80. The normalized spacial score (nSPS) is 11.9. The summed E-state index contributed by atoms with van der Waals surface area (Å²) in [6.45, 7) is 7.85. The maximum Gasteiger partial charge on any atom is 0.152 e. The first-order valence-electron chi connectivity index (χ1n) is 6.35. The van der Waals surface area contributed by atoms with Crippen molar-refractivity contribution in [2.75, 3.05) is 12.4 Å². The van der Waals surface area contributed by atoms with Gasteiger partial charge < -0.3 is 4.74 Å². The van der Waals surface area contributed by atoms with Crippen LogP contribution in [-0.2, 0) is 9.84 Å². The molecule has 0 aliphatic heterocycles. The fraction of sp³-hybridized carbons (Fsp3) is 0.571. The maximum absolute atomic E-state index is 11.6. The molecule has 0 N–H and O–H groups in total. The quantitative estimate of drug-likeness (QED) is 0.736. The van der Waals surface area contributed by atoms with E-state index in [1.54, 1.807) is 13.8 Å². The average molecular weight is 349 g/mol. The first kappa shape index (κ1) is 16.5. The Balaban J connectivity index is 2.51. The number of hydrogen-bond donors (Lipinski definition) is 0. The summed E-state index contributed by atoms with van der Waals surface area (Å²) in [7, 11) is -2.96. The summed E-state index contributed by atoms with van der Waals surface area (Å²) in [6, 6.07) is 3.90. The molecule has 108 valence electrons. The molecule has 0 spiro atoms. The third-order valence-electron chi connectivity index (χ3n) is 2.97. The van der Waals surface area contributed by atoms with Gasteiger partial charge in [-0.25, -0.2) is 8.42 Å². The molecule has 0 saturated carbocycles. The topological polar surface area (TPSA) is 43.4 Å². The molecule has 3 nitrogen and oxygen atoms in total. The van der Waals surface area contributed by atoms with Gasteiger partial charge in [0.1, 0.15) is 5.75 Å². The number of halogens is 1. The molecule has 1 rings (SSSR count). The summed E-state index contributed by atoms with van der Waals surface area (Å²) in [5, 5.41) is -0.315. The number of ether oxygens (including phenoxy) is 1. The highest BCUT2D eigenvalue weighted by Crippen LogP contribution is 2.26. The van der Waals surface area contributed by atoms with Gasteiger partial charge in [0.2, 0.25) is 0 Å². The zero-order valence-corrected chi connectivity index (χ0v) is 14.3. The Hall–Kier alpha value is -0.550. The van der Waals surface area contributed by atoms with Crippen molar-refractivity contribution in [2.24, 2.45) is 0 Å². The van der Waals surface area contributed by atoms with Gasteiger partial charge in [0.15, 0.2) is 9.84 Å². The molecule has 0 atom stereocenters. The van der Waals surface area contributed by atoms with Gasteiger partial charge in [0, 0.05) is 4.47 Å². The monoisotopic (exact) mass is 348 g/mol. The standard InChI is InChI=1S/C14H21BrO3S/c1-10(2)19(16,17)7-5-6-18-13-8-11(3)14(15)12(4)9-13/h8-10H,5-7H2,1-4H3. The van der Waals surface area contributed by atoms with Crippen molar-refractivity contribution in [1.29, 1.82) is 0 Å². The van der Waals surface area contributed by atoms with Gasteiger partial charge in [-0.3, -0.25) is 0 Å². The molecular formula is C14H21BrO3S. The largest absolute Gasteiger partial charge is 0.494 e. The van der Waals surface area contributed by atoms with Gasteiger partial charge in [0.05, 0.1) is 17.6 Å². The Morgan fingerprint density at radius 3 is 2.21 bits per heavy atom. The zero-order chi connectivity index (χ0) is 14.6. The van der Waals surface area contributed by atoms with E-state index in [0.29, 0.717) is 13.0 Å². The van der Waals surface area contributed by atoms with Crippen molar-refractivity contribution in [2.45, 2.75) is 39.4 Å². The average Bonchev–Trinajstić information content (AvgIpc) is 2.31. The lowest BCUT2D eigenvalue weighted by molar-refractivity contribution is 0.317. The lowest BCUT2D eigenvalue weighted by Crippen LogP contribution is -2.19. The van der Waals surface area contributed by atoms with E-state index in [1.165, 1.54) is 0 Å². The van der Waals surface area contributed by atoms with Crippen LogP contribution in [0.3, 0.4) is 0 Å². The third-order valence-corrected chi connectivity index (χ3v) is 6.52. The molecular weight excluding hydrogens is 328 g/mol. The van der Waals surface area contributed by atoms with E-state index >= 15 is 0 Å². The van der Waals surface area contributed by atoms with E-state index in [1.807, 2.05) is 26.0 Å². The lowest BCUT2D eigenvalue weighted by atomic mass is 10.1. The smallest absolute Gasteiger partial charge is 0.152 e. The van der Waals surface area contributed by atoms with Gasteiger partial charge in [-0.2, -0.15) is 0 Å². The minimum atomic E-state index is -2.96. The molecule has 0 bridgehead atoms. The van der Waals surface area contributed by atoms with Crippen LogP contribution in [0.25, 0.3) is 0 Å². The molecule has 0 heterocycles. The van der Waals surface area contributed by atoms with Crippen LogP contribution in [0.1, 0.15) is 31.4 Å². The molecule has 0 aliphatic rings. The molecule has 0 aromatic heterocycles. The summed E-state index contributed by atoms with van der Waals surface area (Å²) in [4.78, 5) is 0. The molecule has 1 aromatic carbocycles. The summed E-state index contributed by atoms with van der Waals surface area (Å²) in [5.41, 5.74) is 2.23. The molecule has 0 aliphatic carbocycles. The van der Waals surface area contributed by atoms with Gasteiger partial charge in [-0.15, -0.1) is 0 Å². The van der Waals surface area contributed by atoms with E-state index in [2.05, 4.69) is 15.9 Å². The van der Waals surface area contributed by atoms with Crippen molar-refractivity contribution >= 4 is 25.8 Å². The molecule has 0 amide bonds. The highest BCUT2D eigenvalue weighted by atomic mass is 79.9. The number of sulfone groups is 1. The Morgan fingerprint density at radius 1 is 1.21 bits per heavy atom. The molecule has 0 fully saturated rings. The van der Waals surface area contributed by atoms with Crippen LogP contribution in [0.15, 0.2) is 16.6 Å². The Labute approximate surface area is 124 Å². The fourth-order valence-electron chi connectivity index (χ4n) is 1.68. The minimum Gasteiger partial charge on any atom is -0.494 e. The summed E-state index contributed by atoms with van der Waals surface area (Å²) < 4.78 is 30.0. The number of aryl methyl sites for hydroxylation is 2. The van der Waals surface area contributed by atoms with Gasteiger partial charge in [0.25, 0.3) is 0 Å². The van der Waals surface area contributed by atoms with Crippen molar-refractivity contribution < 1.29 is 13.2 Å². The van der Waals surface area contributed by atoms with E-state index < -0.39 is 9.84 Å². The van der Waals surface area contributed by atoms with Crippen molar-refractivity contribution in [1.82, 2.24) is 0 Å². The van der Waals surface area contributed by atoms with Crippen LogP contribution in [0.2, 0.25) is 0 Å². The Kier molecular flexibility index (Phi) is 5.86. The van der Waals surface area contributed by atoms with Crippen LogP contribution in [0.5, 0.6) is 5.75 Å². The molecule has 0 saturated heterocycles. The first-order chi connectivity index (χ1) is 8.74. The predicted molar refractivity (Wildman–Crippen MR) is 82.7 cm³/mol. The predicted octanol–water partition coefficient (Wildman–Crippen LogP) is 3.66. The number of benzene rings is 1. The van der Waals surface area contributed by atoms with Crippen LogP contribution in [0.4, 0.5) is 0 Å². The molecule has 0 unspecified atom stereocenters. The van der Waals surface area contributed by atoms with Crippen LogP contribution >= 0.6 is 15.9 Å². The van der Waals surface area contributed by atoms with E-state index in [4.69, 9.17) is 4.74 Å². The highest BCUT2D eigenvalue weighted by molar-refractivity contribution is 9.10. The van der Waals surface area contributed by atoms with Crippen molar-refractivity contribution in [3.63, 3.8) is 0 Å². The molecule has 0 radical (unpaired) electrons. The summed E-state index contributed by atoms with van der Waals surface area (Å²) >= 11 is 3.50. The maximum atomic E-state index is 11.6. The molecule has 19 heavy (non-hydrogen) atoms. The van der Waals surface area contributed by atoms with Crippen molar-refractivity contribution in [3.05, 3.63) is 27.7 Å². The second-order valence-electron chi connectivity index (χ2n) is 4.99. The highest BCUT2D eigenvalue weighted by Gasteiger charge is 2.15. The molecule has 5 heteroatoms. The second kappa shape index (κ2) is 6.75.